The maximum absolute atomic E-state index is 14.6. The van der Waals surface area contributed by atoms with Gasteiger partial charge < -0.3 is 4.79 Å². The van der Waals surface area contributed by atoms with E-state index >= 15 is 0 Å². The fourth-order valence-electron chi connectivity index (χ4n) is 3.59. The minimum Gasteiger partial charge on any atom is -0.302 e. The number of nitrogens with zero attached hydrogens (tertiary/aromatic N) is 3. The summed E-state index contributed by atoms with van der Waals surface area (Å²) in [6.45, 7) is 0. The van der Waals surface area contributed by atoms with Gasteiger partial charge in [0.2, 0.25) is 5.16 Å². The van der Waals surface area contributed by atoms with E-state index < -0.39 is 0 Å². The van der Waals surface area contributed by atoms with Crippen molar-refractivity contribution in [3.05, 3.63) is 84.9 Å². The van der Waals surface area contributed by atoms with Crippen LogP contribution in [-0.2, 0) is 4.79 Å². The molecule has 0 unspecified atom stereocenters. The molecule has 0 saturated heterocycles. The van der Waals surface area contributed by atoms with Gasteiger partial charge in [0.1, 0.15) is 12.1 Å². The zero-order valence-corrected chi connectivity index (χ0v) is 17.6. The van der Waals surface area contributed by atoms with Crippen LogP contribution in [-0.4, -0.2) is 32.2 Å². The van der Waals surface area contributed by atoms with Gasteiger partial charge in [-0.25, -0.2) is 9.37 Å². The van der Waals surface area contributed by atoms with E-state index in [1.54, 1.807) is 0 Å². The highest BCUT2D eigenvalue weighted by Gasteiger charge is 2.13. The van der Waals surface area contributed by atoms with Crippen LogP contribution in [0, 0.1) is 5.82 Å². The van der Waals surface area contributed by atoms with Gasteiger partial charge in [0, 0.05) is 23.5 Å². The molecule has 0 aliphatic rings. The molecule has 0 fully saturated rings. The lowest BCUT2D eigenvalue weighted by Crippen LogP contribution is -1.90. The number of thioether (sulfide) groups is 1. The fourth-order valence-corrected chi connectivity index (χ4v) is 4.08. The highest BCUT2D eigenvalue weighted by Crippen LogP contribution is 2.34. The van der Waals surface area contributed by atoms with E-state index in [0.29, 0.717) is 22.1 Å². The first-order chi connectivity index (χ1) is 15.7. The van der Waals surface area contributed by atoms with E-state index in [0.717, 1.165) is 33.7 Å². The number of fused-ring (bicyclic) bond motifs is 1. The van der Waals surface area contributed by atoms with E-state index in [1.807, 2.05) is 30.3 Å². The first kappa shape index (κ1) is 20.1. The van der Waals surface area contributed by atoms with Crippen molar-refractivity contribution >= 4 is 28.8 Å². The molecule has 0 radical (unpaired) electrons. The maximum atomic E-state index is 14.6. The smallest absolute Gasteiger partial charge is 0.209 e. The van der Waals surface area contributed by atoms with Crippen LogP contribution < -0.4 is 0 Å². The predicted molar refractivity (Wildman–Crippen MR) is 125 cm³/mol. The van der Waals surface area contributed by atoms with Crippen LogP contribution in [0.4, 0.5) is 4.39 Å². The SMILES string of the molecule is O=CCSc1n[nH]c(-c2cc(-c3ccc4ccccc4c3)cc(-c3cnccc3F)c2)n1. The van der Waals surface area contributed by atoms with Crippen molar-refractivity contribution in [2.45, 2.75) is 5.16 Å². The first-order valence-corrected chi connectivity index (χ1v) is 10.9. The van der Waals surface area contributed by atoms with Gasteiger partial charge in [0.15, 0.2) is 5.82 Å². The van der Waals surface area contributed by atoms with Gasteiger partial charge in [-0.3, -0.25) is 10.1 Å². The number of aromatic nitrogens is 4. The van der Waals surface area contributed by atoms with Gasteiger partial charge in [-0.1, -0.05) is 48.2 Å². The van der Waals surface area contributed by atoms with Crippen molar-refractivity contribution in [1.82, 2.24) is 20.2 Å². The number of carbonyl (C=O) groups excluding carboxylic acids is 1. The van der Waals surface area contributed by atoms with E-state index in [-0.39, 0.29) is 11.6 Å². The molecule has 0 aliphatic carbocycles. The first-order valence-electron chi connectivity index (χ1n) is 9.94. The van der Waals surface area contributed by atoms with Gasteiger partial charge >= 0.3 is 0 Å². The normalized spacial score (nSPS) is 11.0. The fraction of sp³-hybridized carbons (Fsp3) is 0.0400. The number of aldehydes is 1. The molecule has 3 aromatic carbocycles. The highest BCUT2D eigenvalue weighted by molar-refractivity contribution is 7.99. The number of H-pyrrole nitrogens is 1. The second kappa shape index (κ2) is 8.72. The minimum atomic E-state index is -0.346. The van der Waals surface area contributed by atoms with Crippen molar-refractivity contribution in [1.29, 1.82) is 0 Å². The maximum Gasteiger partial charge on any atom is 0.209 e. The third kappa shape index (κ3) is 4.02. The number of rotatable bonds is 6. The predicted octanol–water partition coefficient (Wildman–Crippen LogP) is 5.78. The molecule has 0 atom stereocenters. The quantitative estimate of drug-likeness (QED) is 0.268. The highest BCUT2D eigenvalue weighted by atomic mass is 32.2. The molecule has 2 aromatic heterocycles. The van der Waals surface area contributed by atoms with E-state index in [9.17, 15) is 9.18 Å². The number of nitrogens with one attached hydrogen (secondary N) is 1. The third-order valence-electron chi connectivity index (χ3n) is 5.11. The zero-order valence-electron chi connectivity index (χ0n) is 16.8. The molecule has 5 nitrogen and oxygen atoms in total. The van der Waals surface area contributed by atoms with E-state index in [1.165, 1.54) is 30.2 Å². The molecule has 0 aliphatic heterocycles. The van der Waals surface area contributed by atoms with Crippen molar-refractivity contribution in [2.75, 3.05) is 5.75 Å². The van der Waals surface area contributed by atoms with E-state index in [4.69, 9.17) is 0 Å². The summed E-state index contributed by atoms with van der Waals surface area (Å²) in [6.07, 6.45) is 3.76. The summed E-state index contributed by atoms with van der Waals surface area (Å²) in [5.41, 5.74) is 3.79. The van der Waals surface area contributed by atoms with Crippen LogP contribution in [0.5, 0.6) is 0 Å². The Morgan fingerprint density at radius 2 is 1.72 bits per heavy atom. The van der Waals surface area contributed by atoms with E-state index in [2.05, 4.69) is 50.5 Å². The second-order valence-corrected chi connectivity index (χ2v) is 8.15. The number of carbonyl (C=O) groups is 1. The lowest BCUT2D eigenvalue weighted by Gasteiger charge is -2.11. The Morgan fingerprint density at radius 3 is 2.56 bits per heavy atom. The van der Waals surface area contributed by atoms with Crippen molar-refractivity contribution < 1.29 is 9.18 Å². The largest absolute Gasteiger partial charge is 0.302 e. The Kier molecular flexibility index (Phi) is 5.47. The van der Waals surface area contributed by atoms with Gasteiger partial charge in [0.05, 0.1) is 5.75 Å². The Labute approximate surface area is 187 Å². The van der Waals surface area contributed by atoms with Crippen molar-refractivity contribution in [3.8, 4) is 33.6 Å². The topological polar surface area (TPSA) is 71.5 Å². The van der Waals surface area contributed by atoms with Crippen LogP contribution in [0.3, 0.4) is 0 Å². The van der Waals surface area contributed by atoms with Crippen LogP contribution in [0.1, 0.15) is 0 Å². The molecular weight excluding hydrogens is 423 g/mol. The monoisotopic (exact) mass is 440 g/mol. The summed E-state index contributed by atoms with van der Waals surface area (Å²) in [5.74, 6) is 0.480. The molecular formula is C25H17FN4OS. The summed E-state index contributed by atoms with van der Waals surface area (Å²) in [5, 5.41) is 9.86. The van der Waals surface area contributed by atoms with Crippen LogP contribution in [0.2, 0.25) is 0 Å². The summed E-state index contributed by atoms with van der Waals surface area (Å²) < 4.78 is 14.6. The van der Waals surface area contributed by atoms with Crippen LogP contribution >= 0.6 is 11.8 Å². The number of pyridine rings is 1. The van der Waals surface area contributed by atoms with Gasteiger partial charge in [0.25, 0.3) is 0 Å². The molecule has 0 spiro atoms. The molecule has 5 aromatic rings. The van der Waals surface area contributed by atoms with Crippen molar-refractivity contribution in [3.63, 3.8) is 0 Å². The molecule has 156 valence electrons. The molecule has 1 N–H and O–H groups in total. The zero-order chi connectivity index (χ0) is 21.9. The Morgan fingerprint density at radius 1 is 0.906 bits per heavy atom. The number of halogens is 1. The molecule has 0 amide bonds. The lowest BCUT2D eigenvalue weighted by atomic mass is 9.95. The van der Waals surface area contributed by atoms with Gasteiger partial charge in [-0.15, -0.1) is 5.10 Å². The molecule has 2 heterocycles. The Balaban J connectivity index is 1.66. The summed E-state index contributed by atoms with van der Waals surface area (Å²) in [6, 6.07) is 21.5. The summed E-state index contributed by atoms with van der Waals surface area (Å²) in [7, 11) is 0. The Hall–Kier alpha value is -3.84. The summed E-state index contributed by atoms with van der Waals surface area (Å²) >= 11 is 1.25. The lowest BCUT2D eigenvalue weighted by molar-refractivity contribution is -0.105. The number of benzene rings is 3. The van der Waals surface area contributed by atoms with Crippen LogP contribution in [0.25, 0.3) is 44.4 Å². The molecule has 32 heavy (non-hydrogen) atoms. The van der Waals surface area contributed by atoms with Crippen LogP contribution in [0.15, 0.2) is 84.3 Å². The average molecular weight is 441 g/mol. The molecule has 5 rings (SSSR count). The number of hydrogen-bond acceptors (Lipinski definition) is 5. The second-order valence-electron chi connectivity index (χ2n) is 7.16. The molecule has 0 bridgehead atoms. The number of aromatic amines is 1. The molecule has 0 saturated carbocycles. The summed E-state index contributed by atoms with van der Waals surface area (Å²) in [4.78, 5) is 19.2. The van der Waals surface area contributed by atoms with Gasteiger partial charge in [-0.05, 0) is 57.8 Å². The van der Waals surface area contributed by atoms with Crippen molar-refractivity contribution in [2.24, 2.45) is 0 Å². The van der Waals surface area contributed by atoms with Gasteiger partial charge in [-0.2, -0.15) is 0 Å². The number of hydrogen-bond donors (Lipinski definition) is 1. The molecule has 7 heteroatoms. The third-order valence-corrected chi connectivity index (χ3v) is 5.86. The Bertz CT molecular complexity index is 1430. The standard InChI is InChI=1S/C25H17FN4OS/c26-23-7-8-27-15-22(23)20-12-19(18-6-5-16-3-1-2-4-17(16)11-18)13-21(14-20)24-28-25(30-29-24)32-10-9-31/h1-9,11-15H,10H2,(H,28,29,30). The average Bonchev–Trinajstić information content (AvgIpc) is 3.31. The minimum absolute atomic E-state index is 0.278.